The summed E-state index contributed by atoms with van der Waals surface area (Å²) in [6.07, 6.45) is 2.07. The van der Waals surface area contributed by atoms with E-state index in [0.717, 1.165) is 23.6 Å². The third-order valence-electron chi connectivity index (χ3n) is 6.22. The summed E-state index contributed by atoms with van der Waals surface area (Å²) >= 11 is 1.70. The average Bonchev–Trinajstić information content (AvgIpc) is 3.18. The molecule has 1 aliphatic carbocycles. The summed E-state index contributed by atoms with van der Waals surface area (Å²) in [6.45, 7) is 15.6. The molecule has 7 nitrogen and oxygen atoms in total. The van der Waals surface area contributed by atoms with Crippen molar-refractivity contribution in [1.29, 1.82) is 0 Å². The minimum Gasteiger partial charge on any atom is -0.461 e. The van der Waals surface area contributed by atoms with Crippen LogP contribution in [0.25, 0.3) is 4.96 Å². The SMILES string of the molecule is CCOC(=O)c1nc2sc3c(n2c1N1CCN(C(C)=O)CC1)CC(C)(C)CC3(C)C. The van der Waals surface area contributed by atoms with E-state index in [4.69, 9.17) is 9.72 Å². The van der Waals surface area contributed by atoms with Gasteiger partial charge in [0.1, 0.15) is 5.82 Å². The molecule has 3 heterocycles. The first kappa shape index (κ1) is 21.2. The zero-order chi connectivity index (χ0) is 21.8. The van der Waals surface area contributed by atoms with E-state index >= 15 is 0 Å². The summed E-state index contributed by atoms with van der Waals surface area (Å²) in [4.78, 5) is 35.6. The van der Waals surface area contributed by atoms with Crippen LogP contribution in [0.5, 0.6) is 0 Å². The molecule has 0 atom stereocenters. The Labute approximate surface area is 182 Å². The fourth-order valence-corrected chi connectivity index (χ4v) is 6.53. The number of piperazine rings is 1. The number of carbonyl (C=O) groups is 2. The smallest absolute Gasteiger partial charge is 0.360 e. The van der Waals surface area contributed by atoms with E-state index in [9.17, 15) is 9.59 Å². The fourth-order valence-electron chi connectivity index (χ4n) is 5.30. The number of rotatable bonds is 3. The maximum Gasteiger partial charge on any atom is 0.360 e. The van der Waals surface area contributed by atoms with Crippen molar-refractivity contribution in [2.24, 2.45) is 5.41 Å². The zero-order valence-electron chi connectivity index (χ0n) is 18.9. The van der Waals surface area contributed by atoms with E-state index in [1.165, 1.54) is 10.6 Å². The van der Waals surface area contributed by atoms with Gasteiger partial charge in [0.25, 0.3) is 0 Å². The van der Waals surface area contributed by atoms with Gasteiger partial charge in [0.15, 0.2) is 10.7 Å². The quantitative estimate of drug-likeness (QED) is 0.695. The molecule has 2 aromatic rings. The molecule has 164 valence electrons. The van der Waals surface area contributed by atoms with Crippen molar-refractivity contribution in [2.45, 2.75) is 59.8 Å². The fraction of sp³-hybridized carbons (Fsp3) is 0.682. The minimum absolute atomic E-state index is 0.0666. The van der Waals surface area contributed by atoms with Crippen molar-refractivity contribution in [3.8, 4) is 0 Å². The van der Waals surface area contributed by atoms with Crippen LogP contribution in [0.1, 0.15) is 69.0 Å². The summed E-state index contributed by atoms with van der Waals surface area (Å²) in [5.41, 5.74) is 1.90. The minimum atomic E-state index is -0.375. The molecule has 1 saturated heterocycles. The molecule has 0 unspecified atom stereocenters. The third kappa shape index (κ3) is 3.49. The van der Waals surface area contributed by atoms with Gasteiger partial charge in [-0.3, -0.25) is 9.20 Å². The Kier molecular flexibility index (Phi) is 5.11. The summed E-state index contributed by atoms with van der Waals surface area (Å²) in [6, 6.07) is 0. The van der Waals surface area contributed by atoms with Gasteiger partial charge >= 0.3 is 5.97 Å². The summed E-state index contributed by atoms with van der Waals surface area (Å²) in [5, 5.41) is 0. The van der Waals surface area contributed by atoms with Crippen LogP contribution in [0.15, 0.2) is 0 Å². The van der Waals surface area contributed by atoms with Crippen molar-refractivity contribution >= 4 is 34.0 Å². The molecule has 4 rings (SSSR count). The standard InChI is InChI=1S/C22H32N4O3S/c1-7-29-19(28)16-18(25-10-8-24(9-11-25)14(2)27)26-15-12-21(3,4)13-22(5,6)17(15)30-20(26)23-16/h7-13H2,1-6H3. The van der Waals surface area contributed by atoms with Gasteiger partial charge < -0.3 is 14.5 Å². The summed E-state index contributed by atoms with van der Waals surface area (Å²) in [7, 11) is 0. The lowest BCUT2D eigenvalue weighted by molar-refractivity contribution is -0.129. The average molecular weight is 433 g/mol. The van der Waals surface area contributed by atoms with Crippen LogP contribution < -0.4 is 4.90 Å². The second kappa shape index (κ2) is 7.25. The van der Waals surface area contributed by atoms with Gasteiger partial charge in [-0.25, -0.2) is 9.78 Å². The van der Waals surface area contributed by atoms with Gasteiger partial charge in [0, 0.05) is 49.1 Å². The van der Waals surface area contributed by atoms with E-state index in [1.807, 2.05) is 11.8 Å². The normalized spacial score (nSPS) is 20.3. The van der Waals surface area contributed by atoms with Crippen molar-refractivity contribution in [3.05, 3.63) is 16.3 Å². The van der Waals surface area contributed by atoms with Crippen molar-refractivity contribution in [3.63, 3.8) is 0 Å². The van der Waals surface area contributed by atoms with Crippen LogP contribution in [0, 0.1) is 5.41 Å². The van der Waals surface area contributed by atoms with Crippen LogP contribution in [0.2, 0.25) is 0 Å². The number of hydrogen-bond acceptors (Lipinski definition) is 6. The van der Waals surface area contributed by atoms with Crippen LogP contribution in [-0.2, 0) is 21.4 Å². The Balaban J connectivity index is 1.86. The lowest BCUT2D eigenvalue weighted by Gasteiger charge is -2.40. The van der Waals surface area contributed by atoms with Gasteiger partial charge in [-0.1, -0.05) is 27.7 Å². The van der Waals surface area contributed by atoms with E-state index < -0.39 is 0 Å². The van der Waals surface area contributed by atoms with Crippen molar-refractivity contribution < 1.29 is 14.3 Å². The highest BCUT2D eigenvalue weighted by Gasteiger charge is 2.42. The largest absolute Gasteiger partial charge is 0.461 e. The highest BCUT2D eigenvalue weighted by molar-refractivity contribution is 7.17. The molecule has 0 radical (unpaired) electrons. The molecule has 0 aromatic carbocycles. The van der Waals surface area contributed by atoms with Crippen LogP contribution >= 0.6 is 11.3 Å². The molecule has 1 fully saturated rings. The molecule has 1 amide bonds. The Bertz CT molecular complexity index is 996. The van der Waals surface area contributed by atoms with Gasteiger partial charge in [0.2, 0.25) is 5.91 Å². The monoisotopic (exact) mass is 432 g/mol. The Morgan fingerprint density at radius 1 is 1.13 bits per heavy atom. The van der Waals surface area contributed by atoms with Gasteiger partial charge in [-0.15, -0.1) is 11.3 Å². The number of hydrogen-bond donors (Lipinski definition) is 0. The lowest BCUT2D eigenvalue weighted by atomic mass is 9.67. The number of anilines is 1. The number of esters is 1. The molecule has 0 saturated carbocycles. The number of thiazole rings is 1. The molecular weight excluding hydrogens is 400 g/mol. The predicted octanol–water partition coefficient (Wildman–Crippen LogP) is 3.49. The van der Waals surface area contributed by atoms with Gasteiger partial charge in [-0.05, 0) is 25.2 Å². The van der Waals surface area contributed by atoms with E-state index in [1.54, 1.807) is 18.3 Å². The Morgan fingerprint density at radius 2 is 1.80 bits per heavy atom. The number of imidazole rings is 1. The van der Waals surface area contributed by atoms with Crippen LogP contribution in [0.4, 0.5) is 5.82 Å². The number of aromatic nitrogens is 2. The molecule has 2 aliphatic rings. The molecule has 0 N–H and O–H groups in total. The maximum atomic E-state index is 12.8. The zero-order valence-corrected chi connectivity index (χ0v) is 19.7. The summed E-state index contributed by atoms with van der Waals surface area (Å²) in [5.74, 6) is 0.549. The molecule has 30 heavy (non-hydrogen) atoms. The lowest BCUT2D eigenvalue weighted by Crippen LogP contribution is -2.49. The number of ether oxygens (including phenoxy) is 1. The second-order valence-electron chi connectivity index (χ2n) is 9.90. The molecule has 0 bridgehead atoms. The number of nitrogens with zero attached hydrogens (tertiary/aromatic N) is 4. The van der Waals surface area contributed by atoms with Crippen LogP contribution in [-0.4, -0.2) is 58.9 Å². The van der Waals surface area contributed by atoms with Gasteiger partial charge in [-0.2, -0.15) is 0 Å². The van der Waals surface area contributed by atoms with E-state index in [0.29, 0.717) is 38.5 Å². The predicted molar refractivity (Wildman–Crippen MR) is 119 cm³/mol. The number of carbonyl (C=O) groups excluding carboxylic acids is 2. The highest BCUT2D eigenvalue weighted by Crippen LogP contribution is 2.50. The maximum absolute atomic E-state index is 12.8. The van der Waals surface area contributed by atoms with E-state index in [-0.39, 0.29) is 22.7 Å². The Hall–Kier alpha value is -2.09. The van der Waals surface area contributed by atoms with Crippen LogP contribution in [0.3, 0.4) is 0 Å². The summed E-state index contributed by atoms with van der Waals surface area (Å²) < 4.78 is 7.55. The van der Waals surface area contributed by atoms with E-state index in [2.05, 4.69) is 37.0 Å². The Morgan fingerprint density at radius 3 is 2.40 bits per heavy atom. The van der Waals surface area contributed by atoms with Gasteiger partial charge in [0.05, 0.1) is 6.61 Å². The molecule has 8 heteroatoms. The first-order valence-electron chi connectivity index (χ1n) is 10.8. The number of amides is 1. The number of fused-ring (bicyclic) bond motifs is 3. The van der Waals surface area contributed by atoms with Crippen molar-refractivity contribution in [2.75, 3.05) is 37.7 Å². The third-order valence-corrected chi connectivity index (χ3v) is 7.67. The molecule has 1 aliphatic heterocycles. The molecule has 0 spiro atoms. The molecule has 2 aromatic heterocycles. The first-order chi connectivity index (χ1) is 14.0. The second-order valence-corrected chi connectivity index (χ2v) is 10.9. The molecular formula is C22H32N4O3S. The first-order valence-corrected chi connectivity index (χ1v) is 11.6. The highest BCUT2D eigenvalue weighted by atomic mass is 32.1. The van der Waals surface area contributed by atoms with Crippen molar-refractivity contribution in [1.82, 2.24) is 14.3 Å². The topological polar surface area (TPSA) is 67.2 Å².